The first-order chi connectivity index (χ1) is 7.15. The molecule has 2 rings (SSSR count). The predicted octanol–water partition coefficient (Wildman–Crippen LogP) is 3.51. The summed E-state index contributed by atoms with van der Waals surface area (Å²) in [6, 6.07) is 4.46. The average molecular weight is 326 g/mol. The third kappa shape index (κ3) is 3.18. The molecule has 0 saturated carbocycles. The molecule has 1 unspecified atom stereocenters. The van der Waals surface area contributed by atoms with Crippen LogP contribution in [0.25, 0.3) is 0 Å². The van der Waals surface area contributed by atoms with Crippen molar-refractivity contribution in [3.63, 3.8) is 0 Å². The molecule has 1 N–H and O–H groups in total. The number of H-pyrrole nitrogens is 1. The molecule has 1 aromatic heterocycles. The Bertz CT molecular complexity index is 401. The van der Waals surface area contributed by atoms with E-state index in [0.29, 0.717) is 0 Å². The summed E-state index contributed by atoms with van der Waals surface area (Å²) in [6.45, 7) is 4.43. The van der Waals surface area contributed by atoms with Gasteiger partial charge in [0.2, 0.25) is 0 Å². The van der Waals surface area contributed by atoms with Crippen LogP contribution in [0, 0.1) is 0 Å². The van der Waals surface area contributed by atoms with Crippen molar-refractivity contribution >= 4 is 35.5 Å². The zero-order valence-corrected chi connectivity index (χ0v) is 14.9. The summed E-state index contributed by atoms with van der Waals surface area (Å²) >= 11 is -1.90. The van der Waals surface area contributed by atoms with Gasteiger partial charge in [-0.05, 0) is 0 Å². The van der Waals surface area contributed by atoms with Gasteiger partial charge in [-0.15, -0.1) is 24.8 Å². The maximum absolute atomic E-state index is 3.49. The Morgan fingerprint density at radius 2 is 2.00 bits per heavy atom. The third-order valence-corrected chi connectivity index (χ3v) is 24.6. The van der Waals surface area contributed by atoms with Crippen LogP contribution in [-0.4, -0.2) is 11.6 Å². The molecule has 5 heteroatoms. The van der Waals surface area contributed by atoms with Gasteiger partial charge in [0.05, 0.1) is 0 Å². The van der Waals surface area contributed by atoms with Gasteiger partial charge in [-0.2, -0.15) is 0 Å². The summed E-state index contributed by atoms with van der Waals surface area (Å²) < 4.78 is 3.34. The fraction of sp³-hybridized carbons (Fsp3) is 0.333. The zero-order valence-electron chi connectivity index (χ0n) is 10.6. The number of aromatic nitrogens is 1. The van der Waals surface area contributed by atoms with Crippen LogP contribution < -0.4 is 4.00 Å². The average Bonchev–Trinajstić information content (AvgIpc) is 2.89. The number of rotatable bonds is 3. The molecule has 0 radical (unpaired) electrons. The summed E-state index contributed by atoms with van der Waals surface area (Å²) in [5.41, 5.74) is 0. The van der Waals surface area contributed by atoms with Crippen LogP contribution in [-0.2, 0) is 15.8 Å². The molecule has 1 nitrogen and oxygen atoms in total. The van der Waals surface area contributed by atoms with E-state index < -0.39 is 22.5 Å². The molecule has 1 heterocycles. The van der Waals surface area contributed by atoms with E-state index in [4.69, 9.17) is 0 Å². The fourth-order valence-electron chi connectivity index (χ4n) is 2.34. The standard InChI is InChI=1S/C5H5.C4H4N.C2H7Si.CH3.2ClH.Ti/c2*1-2-4-5-3-1;1-3-2;;;;/h1-3H,4H2;1-3,5H;3H,1-2H3;1H3;2*1H;. The summed E-state index contributed by atoms with van der Waals surface area (Å²) in [5, 5.41) is 2.58. The largest absolute Gasteiger partial charge is 0.147 e. The van der Waals surface area contributed by atoms with Crippen LogP contribution in [0.4, 0.5) is 0 Å². The number of halogens is 2. The maximum Gasteiger partial charge on any atom is -0.147 e. The van der Waals surface area contributed by atoms with Crippen molar-refractivity contribution in [2.24, 2.45) is 0 Å². The fourth-order valence-corrected chi connectivity index (χ4v) is 15.1. The van der Waals surface area contributed by atoms with Crippen LogP contribution in [0.15, 0.2) is 40.4 Å². The Labute approximate surface area is 121 Å². The Hall–Kier alpha value is 0.271. The molecule has 0 amide bonds. The molecule has 17 heavy (non-hydrogen) atoms. The summed E-state index contributed by atoms with van der Waals surface area (Å²) in [4.78, 5) is 3.49. The molecule has 0 bridgehead atoms. The Balaban J connectivity index is 0.00000128. The molecule has 0 fully saturated rings. The molecule has 1 aliphatic carbocycles. The van der Waals surface area contributed by atoms with Crippen LogP contribution in [0.5, 0.6) is 0 Å². The van der Waals surface area contributed by atoms with Gasteiger partial charge in [0, 0.05) is 0 Å². The number of allylic oxidation sites excluding steroid dienone is 4. The molecule has 0 aliphatic heterocycles. The van der Waals surface area contributed by atoms with Crippen molar-refractivity contribution in [3.8, 4) is 0 Å². The van der Waals surface area contributed by atoms with Crippen molar-refractivity contribution in [2.45, 2.75) is 24.7 Å². The van der Waals surface area contributed by atoms with E-state index in [9.17, 15) is 0 Å². The maximum atomic E-state index is 3.49. The molecular weight excluding hydrogens is 305 g/mol. The van der Waals surface area contributed by atoms with Gasteiger partial charge in [0.15, 0.2) is 0 Å². The first kappa shape index (κ1) is 17.3. The van der Waals surface area contributed by atoms with Crippen LogP contribution >= 0.6 is 24.8 Å². The van der Waals surface area contributed by atoms with E-state index in [1.54, 1.807) is 7.88 Å². The number of aromatic amines is 1. The van der Waals surface area contributed by atoms with E-state index >= 15 is 0 Å². The van der Waals surface area contributed by atoms with Crippen molar-refractivity contribution in [1.29, 1.82) is 0 Å². The van der Waals surface area contributed by atoms with Crippen molar-refractivity contribution < 1.29 is 15.8 Å². The summed E-state index contributed by atoms with van der Waals surface area (Å²) in [6.07, 6.45) is 10.2. The van der Waals surface area contributed by atoms with Crippen LogP contribution in [0.2, 0.25) is 18.3 Å². The molecule has 1 atom stereocenters. The topological polar surface area (TPSA) is 15.8 Å². The molecule has 1 aliphatic rings. The van der Waals surface area contributed by atoms with Gasteiger partial charge < -0.3 is 0 Å². The van der Waals surface area contributed by atoms with E-state index in [1.807, 2.05) is 0 Å². The first-order valence-corrected chi connectivity index (χ1v) is 14.4. The third-order valence-electron chi connectivity index (χ3n) is 3.75. The van der Waals surface area contributed by atoms with E-state index in [-0.39, 0.29) is 24.8 Å². The minimum absolute atomic E-state index is 0. The minimum atomic E-state index is -1.90. The predicted molar refractivity (Wildman–Crippen MR) is 81.5 cm³/mol. The molecule has 1 aromatic rings. The molecule has 0 spiro atoms. The zero-order chi connectivity index (χ0) is 10.9. The second-order valence-corrected chi connectivity index (χ2v) is 22.8. The van der Waals surface area contributed by atoms with Gasteiger partial charge in [0.1, 0.15) is 0 Å². The van der Waals surface area contributed by atoms with Crippen LogP contribution in [0.1, 0.15) is 6.42 Å². The second-order valence-electron chi connectivity index (χ2n) is 4.77. The Morgan fingerprint density at radius 3 is 2.41 bits per heavy atom. The normalized spacial score (nSPS) is 17.1. The van der Waals surface area contributed by atoms with Crippen molar-refractivity contribution in [2.75, 3.05) is 0 Å². The number of hydrogen-bond acceptors (Lipinski definition) is 0. The monoisotopic (exact) mass is 325 g/mol. The SMILES string of the molecule is C[SiH](C)[Ti]([CH3])([C]1=CC=CC1)[c]1ccc[nH]1.Cl.Cl. The van der Waals surface area contributed by atoms with Crippen molar-refractivity contribution in [1.82, 2.24) is 4.98 Å². The second kappa shape index (κ2) is 7.01. The van der Waals surface area contributed by atoms with E-state index in [0.717, 1.165) is 0 Å². The van der Waals surface area contributed by atoms with Gasteiger partial charge in [-0.1, -0.05) is 0 Å². The van der Waals surface area contributed by atoms with Gasteiger partial charge in [-0.25, -0.2) is 0 Å². The Morgan fingerprint density at radius 1 is 1.29 bits per heavy atom. The number of hydrogen-bond donors (Lipinski definition) is 1. The summed E-state index contributed by atoms with van der Waals surface area (Å²) in [7, 11) is 0. The smallest absolute Gasteiger partial charge is 0.147 e. The van der Waals surface area contributed by atoms with E-state index in [1.165, 1.54) is 6.42 Å². The van der Waals surface area contributed by atoms with Gasteiger partial charge in [0.25, 0.3) is 0 Å². The van der Waals surface area contributed by atoms with Crippen molar-refractivity contribution in [3.05, 3.63) is 40.4 Å². The molecular formula is C12H21Cl2NSiTi. The molecule has 0 saturated heterocycles. The van der Waals surface area contributed by atoms with E-state index in [2.05, 4.69) is 59.9 Å². The van der Waals surface area contributed by atoms with Gasteiger partial charge in [-0.3, -0.25) is 0 Å². The summed E-state index contributed by atoms with van der Waals surface area (Å²) in [5.74, 6) is 0. The van der Waals surface area contributed by atoms with Crippen LogP contribution in [0.3, 0.4) is 0 Å². The quantitative estimate of drug-likeness (QED) is 0.818. The minimum Gasteiger partial charge on any atom is -0.147 e. The molecule has 96 valence electrons. The number of nitrogens with one attached hydrogen (secondary N) is 1. The first-order valence-electron chi connectivity index (χ1n) is 5.65. The molecule has 0 aromatic carbocycles. The van der Waals surface area contributed by atoms with Gasteiger partial charge >= 0.3 is 96.7 Å². The Kier molecular flexibility index (Phi) is 7.12.